The van der Waals surface area contributed by atoms with Crippen molar-refractivity contribution in [2.24, 2.45) is 19.8 Å². The third kappa shape index (κ3) is 3.08. The Morgan fingerprint density at radius 2 is 2.08 bits per heavy atom. The summed E-state index contributed by atoms with van der Waals surface area (Å²) in [6.45, 7) is 0.180. The third-order valence-electron chi connectivity index (χ3n) is 3.16. The Balaban J connectivity index is 1.85. The zero-order valence-corrected chi connectivity index (χ0v) is 13.0. The van der Waals surface area contributed by atoms with Gasteiger partial charge in [-0.2, -0.15) is 4.80 Å². The normalized spacial score (nSPS) is 10.9. The van der Waals surface area contributed by atoms with Crippen LogP contribution in [-0.2, 0) is 32.0 Å². The number of ether oxygens (including phenoxy) is 1. The molecule has 0 atom stereocenters. The average Bonchev–Trinajstić information content (AvgIpc) is 3.15. The minimum absolute atomic E-state index is 0.0512. The third-order valence-corrected chi connectivity index (χ3v) is 3.16. The van der Waals surface area contributed by atoms with Gasteiger partial charge in [0.25, 0.3) is 5.91 Å². The maximum absolute atomic E-state index is 11.9. The van der Waals surface area contributed by atoms with Gasteiger partial charge in [0.05, 0.1) is 24.9 Å². The van der Waals surface area contributed by atoms with Gasteiger partial charge in [0, 0.05) is 18.8 Å². The molecule has 3 heterocycles. The maximum Gasteiger partial charge on any atom is 0.251 e. The second-order valence-corrected chi connectivity index (χ2v) is 4.86. The number of pyridine rings is 1. The summed E-state index contributed by atoms with van der Waals surface area (Å²) < 4.78 is 6.95. The van der Waals surface area contributed by atoms with Crippen LogP contribution in [-0.4, -0.2) is 51.3 Å². The van der Waals surface area contributed by atoms with Gasteiger partial charge in [0.2, 0.25) is 0 Å². The molecule has 124 valence electrons. The van der Waals surface area contributed by atoms with Crippen LogP contribution < -0.4 is 5.73 Å². The van der Waals surface area contributed by atoms with E-state index in [0.717, 1.165) is 0 Å². The highest BCUT2D eigenvalue weighted by Gasteiger charge is 2.20. The molecule has 0 spiro atoms. The molecule has 2 N–H and O–H groups in total. The van der Waals surface area contributed by atoms with Crippen LogP contribution >= 0.6 is 0 Å². The summed E-state index contributed by atoms with van der Waals surface area (Å²) in [4.78, 5) is 17.4. The number of aromatic nitrogens is 9. The second-order valence-electron chi connectivity index (χ2n) is 4.86. The fourth-order valence-electron chi connectivity index (χ4n) is 2.15. The van der Waals surface area contributed by atoms with Crippen molar-refractivity contribution in [3.63, 3.8) is 0 Å². The Kier molecular flexibility index (Phi) is 4.20. The summed E-state index contributed by atoms with van der Waals surface area (Å²) in [6.07, 6.45) is 1.54. The predicted octanol–water partition coefficient (Wildman–Crippen LogP) is -1.39. The van der Waals surface area contributed by atoms with E-state index < -0.39 is 5.91 Å². The van der Waals surface area contributed by atoms with Crippen LogP contribution in [0.4, 0.5) is 0 Å². The first-order chi connectivity index (χ1) is 11.6. The largest absolute Gasteiger partial charge is 0.367 e. The monoisotopic (exact) mass is 330 g/mol. The first-order valence-electron chi connectivity index (χ1n) is 6.87. The average molecular weight is 330 g/mol. The van der Waals surface area contributed by atoms with Crippen molar-refractivity contribution in [3.8, 4) is 11.4 Å². The highest BCUT2D eigenvalue weighted by Crippen LogP contribution is 2.22. The summed E-state index contributed by atoms with van der Waals surface area (Å²) in [5, 5.41) is 22.7. The van der Waals surface area contributed by atoms with E-state index in [4.69, 9.17) is 10.5 Å². The molecule has 0 fully saturated rings. The van der Waals surface area contributed by atoms with Crippen molar-refractivity contribution >= 4 is 5.91 Å². The summed E-state index contributed by atoms with van der Waals surface area (Å²) in [5.41, 5.74) is 6.59. The number of hydrogen-bond acceptors (Lipinski definition) is 9. The smallest absolute Gasteiger partial charge is 0.251 e. The number of amides is 1. The van der Waals surface area contributed by atoms with Crippen LogP contribution in [0.5, 0.6) is 0 Å². The highest BCUT2D eigenvalue weighted by molar-refractivity contribution is 6.00. The zero-order valence-electron chi connectivity index (χ0n) is 13.0. The predicted molar refractivity (Wildman–Crippen MR) is 77.8 cm³/mol. The molecule has 12 nitrogen and oxygen atoms in total. The molecule has 0 aliphatic rings. The molecule has 0 aliphatic carbocycles. The van der Waals surface area contributed by atoms with Gasteiger partial charge in [-0.25, -0.2) is 4.68 Å². The van der Waals surface area contributed by atoms with E-state index >= 15 is 0 Å². The summed E-state index contributed by atoms with van der Waals surface area (Å²) in [5.74, 6) is 0.187. The van der Waals surface area contributed by atoms with E-state index in [1.54, 1.807) is 20.2 Å². The SMILES string of the molecule is Cn1nnc(COCc2nccc(-c3nnnn3C)c2C(N)=O)n1. The Hall–Kier alpha value is -3.28. The Morgan fingerprint density at radius 3 is 2.71 bits per heavy atom. The quantitative estimate of drug-likeness (QED) is 0.575. The fourth-order valence-corrected chi connectivity index (χ4v) is 2.15. The van der Waals surface area contributed by atoms with Gasteiger partial charge < -0.3 is 10.5 Å². The summed E-state index contributed by atoms with van der Waals surface area (Å²) in [6, 6.07) is 1.62. The second kappa shape index (κ2) is 6.45. The van der Waals surface area contributed by atoms with E-state index in [-0.39, 0.29) is 18.8 Å². The lowest BCUT2D eigenvalue weighted by Gasteiger charge is -2.10. The lowest BCUT2D eigenvalue weighted by molar-refractivity contribution is 0.0934. The molecular formula is C12H14N10O2. The van der Waals surface area contributed by atoms with Crippen molar-refractivity contribution in [3.05, 3.63) is 29.3 Å². The van der Waals surface area contributed by atoms with Crippen molar-refractivity contribution in [1.29, 1.82) is 0 Å². The van der Waals surface area contributed by atoms with Crippen molar-refractivity contribution in [2.75, 3.05) is 0 Å². The minimum Gasteiger partial charge on any atom is -0.367 e. The van der Waals surface area contributed by atoms with Crippen LogP contribution in [0.25, 0.3) is 11.4 Å². The van der Waals surface area contributed by atoms with E-state index in [2.05, 4.69) is 35.9 Å². The number of nitrogens with two attached hydrogens (primary N) is 1. The van der Waals surface area contributed by atoms with Gasteiger partial charge in [-0.1, -0.05) is 0 Å². The van der Waals surface area contributed by atoms with Gasteiger partial charge in [-0.05, 0) is 21.7 Å². The van der Waals surface area contributed by atoms with Crippen molar-refractivity contribution in [2.45, 2.75) is 13.2 Å². The highest BCUT2D eigenvalue weighted by atomic mass is 16.5. The van der Waals surface area contributed by atoms with E-state index in [0.29, 0.717) is 22.9 Å². The number of primary amides is 1. The van der Waals surface area contributed by atoms with Gasteiger partial charge in [-0.3, -0.25) is 9.78 Å². The maximum atomic E-state index is 11.9. The van der Waals surface area contributed by atoms with Gasteiger partial charge in [0.1, 0.15) is 6.61 Å². The molecule has 0 aromatic carbocycles. The topological polar surface area (TPSA) is 152 Å². The van der Waals surface area contributed by atoms with Crippen LogP contribution in [0.1, 0.15) is 21.9 Å². The number of nitrogens with zero attached hydrogens (tertiary/aromatic N) is 9. The molecule has 0 saturated carbocycles. The minimum atomic E-state index is -0.641. The summed E-state index contributed by atoms with van der Waals surface area (Å²) in [7, 11) is 3.32. The van der Waals surface area contributed by atoms with Crippen molar-refractivity contribution in [1.82, 2.24) is 45.4 Å². The molecule has 3 aromatic rings. The van der Waals surface area contributed by atoms with Crippen LogP contribution in [0.15, 0.2) is 12.3 Å². The first kappa shape index (κ1) is 15.6. The molecule has 0 unspecified atom stereocenters. The van der Waals surface area contributed by atoms with E-state index in [9.17, 15) is 4.79 Å². The number of aryl methyl sites for hydroxylation is 2. The molecule has 0 saturated heterocycles. The molecule has 12 heteroatoms. The van der Waals surface area contributed by atoms with E-state index in [1.807, 2.05) is 0 Å². The van der Waals surface area contributed by atoms with Gasteiger partial charge >= 0.3 is 0 Å². The van der Waals surface area contributed by atoms with Gasteiger partial charge in [-0.15, -0.1) is 15.3 Å². The molecular weight excluding hydrogens is 316 g/mol. The molecule has 0 radical (unpaired) electrons. The zero-order chi connectivity index (χ0) is 17.1. The van der Waals surface area contributed by atoms with E-state index in [1.165, 1.54) is 15.7 Å². The Labute approximate surface area is 135 Å². The molecule has 1 amide bonds. The lowest BCUT2D eigenvalue weighted by Crippen LogP contribution is -2.18. The number of carbonyl (C=O) groups is 1. The number of tetrazole rings is 2. The van der Waals surface area contributed by atoms with Gasteiger partial charge in [0.15, 0.2) is 11.6 Å². The summed E-state index contributed by atoms with van der Waals surface area (Å²) >= 11 is 0. The number of carbonyl (C=O) groups excluding carboxylic acids is 1. The standard InChI is InChI=1S/C12H14N10O2/c1-21-12(16-18-20-21)7-3-4-14-8(10(7)11(13)23)5-24-6-9-15-19-22(2)17-9/h3-4H,5-6H2,1-2H3,(H2,13,23). The Bertz CT molecular complexity index is 870. The molecule has 3 rings (SSSR count). The molecule has 24 heavy (non-hydrogen) atoms. The number of rotatable bonds is 6. The number of hydrogen-bond donors (Lipinski definition) is 1. The molecule has 0 bridgehead atoms. The Morgan fingerprint density at radius 1 is 1.25 bits per heavy atom. The van der Waals surface area contributed by atoms with Crippen LogP contribution in [0.3, 0.4) is 0 Å². The molecule has 3 aromatic heterocycles. The van der Waals surface area contributed by atoms with Crippen LogP contribution in [0.2, 0.25) is 0 Å². The van der Waals surface area contributed by atoms with Crippen molar-refractivity contribution < 1.29 is 9.53 Å². The van der Waals surface area contributed by atoms with Crippen LogP contribution in [0, 0.1) is 0 Å². The molecule has 0 aliphatic heterocycles. The fraction of sp³-hybridized carbons (Fsp3) is 0.333. The first-order valence-corrected chi connectivity index (χ1v) is 6.87. The lowest BCUT2D eigenvalue weighted by atomic mass is 10.1.